The maximum absolute atomic E-state index is 10.3. The highest BCUT2D eigenvalue weighted by Crippen LogP contribution is 1.98. The molecule has 0 aromatic carbocycles. The Morgan fingerprint density at radius 2 is 2.00 bits per heavy atom. The third-order valence-electron chi connectivity index (χ3n) is 1.32. The van der Waals surface area contributed by atoms with E-state index in [0.717, 1.165) is 0 Å². The van der Waals surface area contributed by atoms with Gasteiger partial charge in [-0.05, 0) is 6.92 Å². The monoisotopic (exact) mass is 162 g/mol. The number of hydrogen-bond acceptors (Lipinski definition) is 2. The Balaban J connectivity index is 3.89. The van der Waals surface area contributed by atoms with Gasteiger partial charge in [-0.3, -0.25) is 0 Å². The Morgan fingerprint density at radius 1 is 1.55 bits per heavy atom. The molecule has 0 aliphatic rings. The Hall–Kier alpha value is -0.610. The van der Waals surface area contributed by atoms with E-state index in [-0.39, 0.29) is 6.54 Å². The lowest BCUT2D eigenvalue weighted by molar-refractivity contribution is -0.885. The van der Waals surface area contributed by atoms with Gasteiger partial charge in [0.2, 0.25) is 0 Å². The quantitative estimate of drug-likeness (QED) is 0.549. The number of likely N-dealkylation sites (N-methyl/N-ethyl adjacent to an activating group) is 1. The van der Waals surface area contributed by atoms with Crippen LogP contribution in [0.2, 0.25) is 0 Å². The molecule has 0 saturated heterocycles. The Morgan fingerprint density at radius 3 is 2.27 bits per heavy atom. The van der Waals surface area contributed by atoms with E-state index in [9.17, 15) is 4.79 Å². The first kappa shape index (κ1) is 10.4. The summed E-state index contributed by atoms with van der Waals surface area (Å²) in [6, 6.07) is 0. The van der Waals surface area contributed by atoms with Crippen LogP contribution in [0.15, 0.2) is 0 Å². The van der Waals surface area contributed by atoms with Crippen LogP contribution in [-0.2, 0) is 4.79 Å². The second kappa shape index (κ2) is 3.69. The van der Waals surface area contributed by atoms with E-state index in [1.165, 1.54) is 0 Å². The minimum atomic E-state index is -0.837. The number of aliphatic hydroxyl groups excluding tert-OH is 1. The second-order valence-electron chi connectivity index (χ2n) is 3.52. The van der Waals surface area contributed by atoms with Crippen LogP contribution in [0.5, 0.6) is 0 Å². The summed E-state index contributed by atoms with van der Waals surface area (Å²) in [5.41, 5.74) is 0. The first-order valence-electron chi connectivity index (χ1n) is 3.55. The number of quaternary nitrogens is 1. The summed E-state index contributed by atoms with van der Waals surface area (Å²) < 4.78 is 0.312. The molecule has 0 bridgehead atoms. The van der Waals surface area contributed by atoms with E-state index in [1.54, 1.807) is 21.0 Å². The first-order chi connectivity index (χ1) is 4.83. The molecular formula is C7H16NO3+. The molecule has 2 N–H and O–H groups in total. The Labute approximate surface area is 66.6 Å². The first-order valence-corrected chi connectivity index (χ1v) is 3.55. The van der Waals surface area contributed by atoms with Gasteiger partial charge in [0.1, 0.15) is 12.6 Å². The van der Waals surface area contributed by atoms with Crippen molar-refractivity contribution in [3.8, 4) is 0 Å². The zero-order valence-electron chi connectivity index (χ0n) is 7.24. The van der Waals surface area contributed by atoms with Gasteiger partial charge in [-0.1, -0.05) is 0 Å². The van der Waals surface area contributed by atoms with E-state index in [2.05, 4.69) is 0 Å². The van der Waals surface area contributed by atoms with Crippen molar-refractivity contribution in [2.24, 2.45) is 0 Å². The van der Waals surface area contributed by atoms with E-state index >= 15 is 0 Å². The summed E-state index contributed by atoms with van der Waals surface area (Å²) >= 11 is 0. The summed E-state index contributed by atoms with van der Waals surface area (Å²) in [6.45, 7) is 2.17. The molecule has 0 spiro atoms. The molecule has 0 aliphatic heterocycles. The fourth-order valence-corrected chi connectivity index (χ4v) is 1.15. The van der Waals surface area contributed by atoms with Gasteiger partial charge in [-0.2, -0.15) is 0 Å². The van der Waals surface area contributed by atoms with Crippen molar-refractivity contribution in [3.05, 3.63) is 0 Å². The van der Waals surface area contributed by atoms with Gasteiger partial charge in [0.05, 0.1) is 14.1 Å². The van der Waals surface area contributed by atoms with Crippen molar-refractivity contribution in [3.63, 3.8) is 0 Å². The zero-order chi connectivity index (χ0) is 9.07. The van der Waals surface area contributed by atoms with E-state index in [1.807, 2.05) is 0 Å². The lowest BCUT2D eigenvalue weighted by Crippen LogP contribution is -2.47. The van der Waals surface area contributed by atoms with Crippen molar-refractivity contribution in [2.45, 2.75) is 13.0 Å². The maximum atomic E-state index is 10.3. The zero-order valence-corrected chi connectivity index (χ0v) is 7.24. The van der Waals surface area contributed by atoms with E-state index in [0.29, 0.717) is 11.0 Å². The number of hydrogen-bond donors (Lipinski definition) is 2. The molecule has 0 amide bonds. The standard InChI is InChI=1S/C7H15NO3/c1-6(9)4-8(2,3)5-7(10)11/h6,9H,4-5H2,1-3H3/p+1. The number of aliphatic hydroxyl groups is 1. The fraction of sp³-hybridized carbons (Fsp3) is 0.857. The molecule has 1 atom stereocenters. The highest BCUT2D eigenvalue weighted by Gasteiger charge is 2.21. The van der Waals surface area contributed by atoms with Crippen LogP contribution < -0.4 is 0 Å². The fourth-order valence-electron chi connectivity index (χ4n) is 1.15. The molecule has 0 aliphatic carbocycles. The summed E-state index contributed by atoms with van der Waals surface area (Å²) in [5.74, 6) is -0.837. The minimum Gasteiger partial charge on any atom is -0.477 e. The highest BCUT2D eigenvalue weighted by molar-refractivity contribution is 5.67. The van der Waals surface area contributed by atoms with Crippen LogP contribution in [0.3, 0.4) is 0 Å². The third kappa shape index (κ3) is 5.82. The molecular weight excluding hydrogens is 146 g/mol. The maximum Gasteiger partial charge on any atom is 0.359 e. The van der Waals surface area contributed by atoms with Gasteiger partial charge in [0, 0.05) is 0 Å². The molecule has 11 heavy (non-hydrogen) atoms. The van der Waals surface area contributed by atoms with Crippen molar-refractivity contribution >= 4 is 5.97 Å². The van der Waals surface area contributed by atoms with Gasteiger partial charge >= 0.3 is 5.97 Å². The van der Waals surface area contributed by atoms with Crippen LogP contribution in [-0.4, -0.2) is 54.0 Å². The molecule has 0 saturated carbocycles. The summed E-state index contributed by atoms with van der Waals surface area (Å²) in [7, 11) is 3.56. The van der Waals surface area contributed by atoms with Crippen molar-refractivity contribution < 1.29 is 19.5 Å². The van der Waals surface area contributed by atoms with Crippen LogP contribution in [0.1, 0.15) is 6.92 Å². The second-order valence-corrected chi connectivity index (χ2v) is 3.52. The highest BCUT2D eigenvalue weighted by atomic mass is 16.4. The van der Waals surface area contributed by atoms with Crippen LogP contribution in [0.4, 0.5) is 0 Å². The third-order valence-corrected chi connectivity index (χ3v) is 1.32. The summed E-state index contributed by atoms with van der Waals surface area (Å²) in [6.07, 6.45) is -0.454. The lowest BCUT2D eigenvalue weighted by atomic mass is 10.3. The smallest absolute Gasteiger partial charge is 0.359 e. The molecule has 0 radical (unpaired) electrons. The van der Waals surface area contributed by atoms with Gasteiger partial charge in [0.15, 0.2) is 6.54 Å². The summed E-state index contributed by atoms with van der Waals surface area (Å²) in [5, 5.41) is 17.5. The largest absolute Gasteiger partial charge is 0.477 e. The number of rotatable bonds is 4. The van der Waals surface area contributed by atoms with Gasteiger partial charge < -0.3 is 14.7 Å². The van der Waals surface area contributed by atoms with Gasteiger partial charge in [-0.15, -0.1) is 0 Å². The predicted molar refractivity (Wildman–Crippen MR) is 41.2 cm³/mol. The molecule has 0 aromatic rings. The van der Waals surface area contributed by atoms with Crippen molar-refractivity contribution in [2.75, 3.05) is 27.2 Å². The average Bonchev–Trinajstić information content (AvgIpc) is 1.53. The van der Waals surface area contributed by atoms with E-state index < -0.39 is 12.1 Å². The van der Waals surface area contributed by atoms with Crippen molar-refractivity contribution in [1.82, 2.24) is 0 Å². The summed E-state index contributed by atoms with van der Waals surface area (Å²) in [4.78, 5) is 10.3. The molecule has 66 valence electrons. The predicted octanol–water partition coefficient (Wildman–Crippen LogP) is -0.472. The van der Waals surface area contributed by atoms with Crippen LogP contribution >= 0.6 is 0 Å². The van der Waals surface area contributed by atoms with Crippen LogP contribution in [0.25, 0.3) is 0 Å². The van der Waals surface area contributed by atoms with Gasteiger partial charge in [0.25, 0.3) is 0 Å². The molecule has 0 heterocycles. The normalized spacial score (nSPS) is 14.5. The van der Waals surface area contributed by atoms with Crippen LogP contribution in [0, 0.1) is 0 Å². The Bertz CT molecular complexity index is 143. The average molecular weight is 162 g/mol. The number of aliphatic carboxylic acids is 1. The molecule has 0 aromatic heterocycles. The van der Waals surface area contributed by atoms with Crippen molar-refractivity contribution in [1.29, 1.82) is 0 Å². The molecule has 0 rings (SSSR count). The molecule has 4 heteroatoms. The number of nitrogens with zero attached hydrogens (tertiary/aromatic N) is 1. The number of carboxylic acids is 1. The number of carboxylic acid groups (broad SMARTS) is 1. The Kier molecular flexibility index (Phi) is 3.48. The topological polar surface area (TPSA) is 57.5 Å². The molecule has 4 nitrogen and oxygen atoms in total. The SMILES string of the molecule is CC(O)C[N+](C)(C)CC(=O)O. The lowest BCUT2D eigenvalue weighted by Gasteiger charge is -2.28. The molecule has 1 unspecified atom stereocenters. The van der Waals surface area contributed by atoms with E-state index in [4.69, 9.17) is 10.2 Å². The minimum absolute atomic E-state index is 0.0465. The number of carbonyl (C=O) groups is 1. The van der Waals surface area contributed by atoms with Gasteiger partial charge in [-0.25, -0.2) is 4.79 Å². The molecule has 0 fully saturated rings.